The average molecular weight is 236 g/mol. The molecule has 0 aromatic carbocycles. The van der Waals surface area contributed by atoms with Gasteiger partial charge in [-0.05, 0) is 38.5 Å². The Labute approximate surface area is 105 Å². The summed E-state index contributed by atoms with van der Waals surface area (Å²) >= 11 is 0. The lowest BCUT2D eigenvalue weighted by Crippen LogP contribution is -2.61. The number of likely N-dealkylation sites (tertiary alicyclic amines) is 1. The number of hydrogen-bond acceptors (Lipinski definition) is 1. The summed E-state index contributed by atoms with van der Waals surface area (Å²) < 4.78 is 1.21. The van der Waals surface area contributed by atoms with E-state index in [2.05, 4.69) is 7.05 Å². The minimum Gasteiger partial charge on any atom is -0.323 e. The summed E-state index contributed by atoms with van der Waals surface area (Å²) in [6.07, 6.45) is 10.3. The van der Waals surface area contributed by atoms with Gasteiger partial charge in [-0.25, -0.2) is 0 Å². The first-order chi connectivity index (χ1) is 8.21. The molecule has 2 bridgehead atoms. The summed E-state index contributed by atoms with van der Waals surface area (Å²) in [5.74, 6) is 1.50. The Hall–Kier alpha value is -0.370. The molecule has 1 aliphatic heterocycles. The summed E-state index contributed by atoms with van der Waals surface area (Å²) in [5, 5.41) is 0. The number of ketones is 1. The van der Waals surface area contributed by atoms with E-state index in [-0.39, 0.29) is 0 Å². The molecule has 3 atom stereocenters. The van der Waals surface area contributed by atoms with Crippen LogP contribution in [0.3, 0.4) is 0 Å². The van der Waals surface area contributed by atoms with Crippen molar-refractivity contribution in [2.75, 3.05) is 20.1 Å². The minimum atomic E-state index is 0.422. The van der Waals surface area contributed by atoms with Crippen LogP contribution in [0.4, 0.5) is 0 Å². The van der Waals surface area contributed by atoms with Crippen molar-refractivity contribution in [1.29, 1.82) is 0 Å². The molecule has 3 rings (SSSR count). The Bertz CT molecular complexity index is 306. The highest BCUT2D eigenvalue weighted by molar-refractivity contribution is 5.85. The lowest BCUT2D eigenvalue weighted by molar-refractivity contribution is -0.941. The van der Waals surface area contributed by atoms with Gasteiger partial charge in [0.15, 0.2) is 0 Å². The smallest absolute Gasteiger partial charge is 0.144 e. The van der Waals surface area contributed by atoms with Crippen LogP contribution in [0.1, 0.15) is 51.4 Å². The van der Waals surface area contributed by atoms with Crippen molar-refractivity contribution in [2.45, 2.75) is 57.4 Å². The van der Waals surface area contributed by atoms with Gasteiger partial charge in [0.2, 0.25) is 0 Å². The van der Waals surface area contributed by atoms with Gasteiger partial charge in [0.1, 0.15) is 5.78 Å². The van der Waals surface area contributed by atoms with Crippen molar-refractivity contribution < 1.29 is 9.28 Å². The van der Waals surface area contributed by atoms with Crippen molar-refractivity contribution in [1.82, 2.24) is 0 Å². The van der Waals surface area contributed by atoms with Crippen LogP contribution in [0.5, 0.6) is 0 Å². The van der Waals surface area contributed by atoms with E-state index in [0.29, 0.717) is 23.7 Å². The quantitative estimate of drug-likeness (QED) is 0.640. The molecule has 0 unspecified atom stereocenters. The van der Waals surface area contributed by atoms with E-state index in [1.807, 2.05) is 0 Å². The fourth-order valence-corrected chi connectivity index (χ4v) is 4.73. The molecule has 0 radical (unpaired) electrons. The largest absolute Gasteiger partial charge is 0.323 e. The highest BCUT2D eigenvalue weighted by Gasteiger charge is 2.48. The van der Waals surface area contributed by atoms with Crippen LogP contribution in [0.25, 0.3) is 0 Å². The van der Waals surface area contributed by atoms with E-state index in [1.54, 1.807) is 0 Å². The zero-order valence-electron chi connectivity index (χ0n) is 11.2. The summed E-state index contributed by atoms with van der Waals surface area (Å²) in [7, 11) is 2.42. The third kappa shape index (κ3) is 1.95. The zero-order valence-corrected chi connectivity index (χ0v) is 11.2. The van der Waals surface area contributed by atoms with Crippen LogP contribution in [-0.2, 0) is 4.79 Å². The standard InChI is InChI=1S/C15H26NO/c1-16(10-3-2-4-11-16)14-9-8-12-6-5-7-13(14)15(12)17/h12-14H,2-11H2,1H3/q+1/t12-,13-,14+/m0/s1. The maximum Gasteiger partial charge on any atom is 0.144 e. The van der Waals surface area contributed by atoms with Crippen LogP contribution in [0.15, 0.2) is 0 Å². The molecule has 1 heterocycles. The second-order valence-electron chi connectivity index (χ2n) is 6.77. The number of rotatable bonds is 1. The topological polar surface area (TPSA) is 17.1 Å². The van der Waals surface area contributed by atoms with Gasteiger partial charge < -0.3 is 4.48 Å². The second kappa shape index (κ2) is 4.38. The van der Waals surface area contributed by atoms with Crippen molar-refractivity contribution in [3.8, 4) is 0 Å². The first-order valence-corrected chi connectivity index (χ1v) is 7.59. The summed E-state index contributed by atoms with van der Waals surface area (Å²) in [6.45, 7) is 2.64. The predicted octanol–water partition coefficient (Wildman–Crippen LogP) is 2.76. The Kier molecular flexibility index (Phi) is 3.02. The molecule has 1 saturated heterocycles. The van der Waals surface area contributed by atoms with E-state index in [4.69, 9.17) is 0 Å². The maximum absolute atomic E-state index is 12.4. The van der Waals surface area contributed by atoms with E-state index in [9.17, 15) is 4.79 Å². The number of carbonyl (C=O) groups excluding carboxylic acids is 1. The van der Waals surface area contributed by atoms with Gasteiger partial charge in [-0.2, -0.15) is 0 Å². The van der Waals surface area contributed by atoms with E-state index >= 15 is 0 Å². The van der Waals surface area contributed by atoms with Crippen molar-refractivity contribution in [3.63, 3.8) is 0 Å². The van der Waals surface area contributed by atoms with Gasteiger partial charge in [0.25, 0.3) is 0 Å². The zero-order chi connectivity index (χ0) is 11.9. The van der Waals surface area contributed by atoms with Crippen LogP contribution < -0.4 is 0 Å². The molecule has 3 fully saturated rings. The average Bonchev–Trinajstić information content (AvgIpc) is 2.29. The van der Waals surface area contributed by atoms with Crippen molar-refractivity contribution in [3.05, 3.63) is 0 Å². The van der Waals surface area contributed by atoms with Crippen LogP contribution in [0, 0.1) is 11.8 Å². The Morgan fingerprint density at radius 3 is 2.47 bits per heavy atom. The Balaban J connectivity index is 1.80. The minimum absolute atomic E-state index is 0.422. The Morgan fingerprint density at radius 1 is 0.941 bits per heavy atom. The number of Topliss-reactive ketones (excluding diaryl/α,β-unsaturated/α-hetero) is 1. The molecule has 2 heteroatoms. The first-order valence-electron chi connectivity index (χ1n) is 7.59. The second-order valence-corrected chi connectivity index (χ2v) is 6.77. The Morgan fingerprint density at radius 2 is 1.71 bits per heavy atom. The molecule has 0 spiro atoms. The fourth-order valence-electron chi connectivity index (χ4n) is 4.73. The number of piperidine rings is 1. The fraction of sp³-hybridized carbons (Fsp3) is 0.933. The predicted molar refractivity (Wildman–Crippen MR) is 68.6 cm³/mol. The van der Waals surface area contributed by atoms with E-state index in [1.165, 1.54) is 68.9 Å². The third-order valence-corrected chi connectivity index (χ3v) is 5.75. The number of nitrogens with zero attached hydrogens (tertiary/aromatic N) is 1. The molecule has 0 N–H and O–H groups in total. The molecule has 96 valence electrons. The molecule has 2 nitrogen and oxygen atoms in total. The molecule has 17 heavy (non-hydrogen) atoms. The molecule has 3 aliphatic rings. The number of carbonyl (C=O) groups is 1. The number of fused-ring (bicyclic) bond motifs is 2. The lowest BCUT2D eigenvalue weighted by atomic mass is 9.67. The molecule has 2 aliphatic carbocycles. The highest BCUT2D eigenvalue weighted by Crippen LogP contribution is 2.42. The van der Waals surface area contributed by atoms with Crippen molar-refractivity contribution in [2.24, 2.45) is 11.8 Å². The lowest BCUT2D eigenvalue weighted by Gasteiger charge is -2.50. The number of quaternary nitrogens is 1. The van der Waals surface area contributed by atoms with Gasteiger partial charge >= 0.3 is 0 Å². The van der Waals surface area contributed by atoms with Gasteiger partial charge in [-0.3, -0.25) is 4.79 Å². The molecular weight excluding hydrogens is 210 g/mol. The van der Waals surface area contributed by atoms with Gasteiger partial charge in [0.05, 0.1) is 32.1 Å². The normalized spacial score (nSPS) is 41.2. The van der Waals surface area contributed by atoms with Gasteiger partial charge in [-0.1, -0.05) is 6.42 Å². The SMILES string of the molecule is C[N+]1([C@@H]2CC[C@@H]3CCC[C@@H]2C3=O)CCCCC1. The third-order valence-electron chi connectivity index (χ3n) is 5.75. The van der Waals surface area contributed by atoms with Gasteiger partial charge in [-0.15, -0.1) is 0 Å². The molecular formula is C15H26NO+. The van der Waals surface area contributed by atoms with Gasteiger partial charge in [0, 0.05) is 12.3 Å². The van der Waals surface area contributed by atoms with E-state index < -0.39 is 0 Å². The van der Waals surface area contributed by atoms with Crippen LogP contribution in [0.2, 0.25) is 0 Å². The van der Waals surface area contributed by atoms with E-state index in [0.717, 1.165) is 0 Å². The van der Waals surface area contributed by atoms with Crippen LogP contribution >= 0.6 is 0 Å². The highest BCUT2D eigenvalue weighted by atomic mass is 16.1. The van der Waals surface area contributed by atoms with Crippen LogP contribution in [-0.4, -0.2) is 36.4 Å². The molecule has 0 aromatic rings. The summed E-state index contributed by atoms with van der Waals surface area (Å²) in [4.78, 5) is 12.4. The molecule has 0 aromatic heterocycles. The molecule has 0 amide bonds. The monoisotopic (exact) mass is 236 g/mol. The molecule has 2 saturated carbocycles. The summed E-state index contributed by atoms with van der Waals surface area (Å²) in [5.41, 5.74) is 0. The maximum atomic E-state index is 12.4. The van der Waals surface area contributed by atoms with Crippen molar-refractivity contribution >= 4 is 5.78 Å². The first kappa shape index (κ1) is 11.7. The summed E-state index contributed by atoms with van der Waals surface area (Å²) in [6, 6.07) is 0.666. The number of hydrogen-bond donors (Lipinski definition) is 0.